The van der Waals surface area contributed by atoms with Crippen LogP contribution in [0.25, 0.3) is 0 Å². The molecule has 1 N–H and O–H groups in total. The van der Waals surface area contributed by atoms with Crippen LogP contribution in [0.2, 0.25) is 5.02 Å². The Balaban J connectivity index is 1.55. The van der Waals surface area contributed by atoms with Crippen molar-refractivity contribution in [1.82, 2.24) is 5.32 Å². The minimum absolute atomic E-state index is 0.00391. The van der Waals surface area contributed by atoms with Gasteiger partial charge in [0.15, 0.2) is 0 Å². The standard InChI is InChI=1S/C25H31ClN2O5S/c1-15(20-11-16-8-9-17(20)10-16)27-25(29)18-6-5-7-19(12-18)34(30,31)28(2)22-13-21(26)23(32-3)14-24(22)33-4/h5-7,12-17,20H,8-11H2,1-4H3,(H,27,29)/t15-,16-,17-,20+/m1/s1. The highest BCUT2D eigenvalue weighted by atomic mass is 35.5. The van der Waals surface area contributed by atoms with Gasteiger partial charge < -0.3 is 14.8 Å². The smallest absolute Gasteiger partial charge is 0.264 e. The molecule has 7 nitrogen and oxygen atoms in total. The van der Waals surface area contributed by atoms with E-state index in [4.69, 9.17) is 21.1 Å². The number of methoxy groups -OCH3 is 2. The second-order valence-electron chi connectivity index (χ2n) is 9.26. The molecular formula is C25H31ClN2O5S. The summed E-state index contributed by atoms with van der Waals surface area (Å²) < 4.78 is 38.5. The number of ether oxygens (including phenoxy) is 2. The van der Waals surface area contributed by atoms with E-state index in [1.165, 1.54) is 64.8 Å². The number of nitrogens with one attached hydrogen (secondary N) is 1. The zero-order valence-electron chi connectivity index (χ0n) is 19.9. The van der Waals surface area contributed by atoms with Crippen LogP contribution >= 0.6 is 11.6 Å². The predicted molar refractivity (Wildman–Crippen MR) is 132 cm³/mol. The van der Waals surface area contributed by atoms with Crippen LogP contribution < -0.4 is 19.1 Å². The Morgan fingerprint density at radius 2 is 1.85 bits per heavy atom. The highest BCUT2D eigenvalue weighted by Crippen LogP contribution is 2.49. The predicted octanol–water partition coefficient (Wildman–Crippen LogP) is 4.74. The van der Waals surface area contributed by atoms with Gasteiger partial charge in [0.05, 0.1) is 29.8 Å². The molecule has 34 heavy (non-hydrogen) atoms. The molecule has 4 rings (SSSR count). The van der Waals surface area contributed by atoms with E-state index < -0.39 is 10.0 Å². The normalized spacial score (nSPS) is 22.3. The van der Waals surface area contributed by atoms with Crippen molar-refractivity contribution >= 4 is 33.2 Å². The first kappa shape index (κ1) is 24.7. The minimum Gasteiger partial charge on any atom is -0.495 e. The average Bonchev–Trinajstić information content (AvgIpc) is 3.47. The van der Waals surface area contributed by atoms with Gasteiger partial charge in [-0.3, -0.25) is 9.10 Å². The highest BCUT2D eigenvalue weighted by molar-refractivity contribution is 7.92. The third-order valence-electron chi connectivity index (χ3n) is 7.34. The summed E-state index contributed by atoms with van der Waals surface area (Å²) >= 11 is 6.24. The molecule has 2 fully saturated rings. The first-order valence-corrected chi connectivity index (χ1v) is 13.3. The maximum Gasteiger partial charge on any atom is 0.264 e. The molecule has 9 heteroatoms. The van der Waals surface area contributed by atoms with Gasteiger partial charge in [0.2, 0.25) is 0 Å². The van der Waals surface area contributed by atoms with Crippen LogP contribution in [0.4, 0.5) is 5.69 Å². The van der Waals surface area contributed by atoms with Gasteiger partial charge in [-0.2, -0.15) is 0 Å². The number of benzene rings is 2. The van der Waals surface area contributed by atoms with Gasteiger partial charge in [-0.05, 0) is 68.2 Å². The number of rotatable bonds is 8. The van der Waals surface area contributed by atoms with Crippen LogP contribution in [-0.4, -0.2) is 41.6 Å². The first-order chi connectivity index (χ1) is 16.1. The molecule has 2 aliphatic rings. The molecule has 4 atom stereocenters. The molecule has 2 bridgehead atoms. The van der Waals surface area contributed by atoms with Gasteiger partial charge >= 0.3 is 0 Å². The Bertz CT molecular complexity index is 1190. The third-order valence-corrected chi connectivity index (χ3v) is 9.40. The number of carbonyl (C=O) groups is 1. The number of hydrogen-bond donors (Lipinski definition) is 1. The van der Waals surface area contributed by atoms with Gasteiger partial charge in [0.25, 0.3) is 15.9 Å². The lowest BCUT2D eigenvalue weighted by atomic mass is 9.84. The largest absolute Gasteiger partial charge is 0.495 e. The summed E-state index contributed by atoms with van der Waals surface area (Å²) in [6.07, 6.45) is 4.98. The monoisotopic (exact) mass is 506 g/mol. The van der Waals surface area contributed by atoms with Gasteiger partial charge in [0.1, 0.15) is 11.5 Å². The van der Waals surface area contributed by atoms with Crippen LogP contribution in [0.15, 0.2) is 41.3 Å². The van der Waals surface area contributed by atoms with Crippen molar-refractivity contribution in [3.8, 4) is 11.5 Å². The molecule has 0 heterocycles. The average molecular weight is 507 g/mol. The molecule has 2 aromatic rings. The van der Waals surface area contributed by atoms with Crippen molar-refractivity contribution in [1.29, 1.82) is 0 Å². The van der Waals surface area contributed by atoms with Crippen molar-refractivity contribution < 1.29 is 22.7 Å². The van der Waals surface area contributed by atoms with Crippen molar-refractivity contribution in [2.24, 2.45) is 17.8 Å². The third kappa shape index (κ3) is 4.58. The molecule has 2 aliphatic carbocycles. The van der Waals surface area contributed by atoms with E-state index in [0.29, 0.717) is 28.9 Å². The van der Waals surface area contributed by atoms with Gasteiger partial charge in [-0.15, -0.1) is 0 Å². The molecular weight excluding hydrogens is 476 g/mol. The molecule has 0 aromatic heterocycles. The Morgan fingerprint density at radius 1 is 1.12 bits per heavy atom. The van der Waals surface area contributed by atoms with Crippen molar-refractivity contribution in [2.75, 3.05) is 25.6 Å². The fourth-order valence-electron chi connectivity index (χ4n) is 5.48. The second kappa shape index (κ2) is 9.66. The van der Waals surface area contributed by atoms with Gasteiger partial charge in [-0.25, -0.2) is 8.42 Å². The number of amides is 1. The second-order valence-corrected chi connectivity index (χ2v) is 11.6. The Morgan fingerprint density at radius 3 is 2.47 bits per heavy atom. The van der Waals surface area contributed by atoms with Crippen LogP contribution in [0.1, 0.15) is 43.0 Å². The van der Waals surface area contributed by atoms with Crippen LogP contribution in [0.3, 0.4) is 0 Å². The van der Waals surface area contributed by atoms with E-state index in [0.717, 1.165) is 16.6 Å². The number of carbonyl (C=O) groups excluding carboxylic acids is 1. The van der Waals surface area contributed by atoms with E-state index in [2.05, 4.69) is 12.2 Å². The number of anilines is 1. The Hall–Kier alpha value is -2.45. The van der Waals surface area contributed by atoms with Crippen LogP contribution in [0, 0.1) is 17.8 Å². The Labute approximate surface area is 206 Å². The lowest BCUT2D eigenvalue weighted by molar-refractivity contribution is 0.0915. The zero-order chi connectivity index (χ0) is 24.6. The molecule has 1 amide bonds. The van der Waals surface area contributed by atoms with E-state index >= 15 is 0 Å². The summed E-state index contributed by atoms with van der Waals surface area (Å²) in [5.41, 5.74) is 0.567. The molecule has 0 spiro atoms. The first-order valence-electron chi connectivity index (χ1n) is 11.5. The summed E-state index contributed by atoms with van der Waals surface area (Å²) in [5.74, 6) is 2.37. The number of nitrogens with zero attached hydrogens (tertiary/aromatic N) is 1. The molecule has 0 unspecified atom stereocenters. The Kier molecular flexibility index (Phi) is 7.01. The number of hydrogen-bond acceptors (Lipinski definition) is 5. The number of sulfonamides is 1. The summed E-state index contributed by atoms with van der Waals surface area (Å²) in [6, 6.07) is 9.15. The number of fused-ring (bicyclic) bond motifs is 2. The molecule has 0 radical (unpaired) electrons. The maximum atomic E-state index is 13.4. The number of halogens is 1. The van der Waals surface area contributed by atoms with Crippen molar-refractivity contribution in [3.63, 3.8) is 0 Å². The van der Waals surface area contributed by atoms with Crippen molar-refractivity contribution in [2.45, 2.75) is 43.5 Å². The molecule has 2 saturated carbocycles. The van der Waals surface area contributed by atoms with Gasteiger partial charge in [-0.1, -0.05) is 24.1 Å². The molecule has 184 valence electrons. The minimum atomic E-state index is -3.99. The lowest BCUT2D eigenvalue weighted by Gasteiger charge is -2.28. The zero-order valence-corrected chi connectivity index (χ0v) is 21.4. The summed E-state index contributed by atoms with van der Waals surface area (Å²) in [7, 11) is 0.330. The summed E-state index contributed by atoms with van der Waals surface area (Å²) in [4.78, 5) is 13.0. The van der Waals surface area contributed by atoms with Crippen LogP contribution in [-0.2, 0) is 10.0 Å². The SMILES string of the molecule is COc1cc(OC)c(N(C)S(=O)(=O)c2cccc(C(=O)N[C@H](C)[C@@H]3C[C@@H]4CC[C@@H]3C4)c2)cc1Cl. The highest BCUT2D eigenvalue weighted by Gasteiger charge is 2.42. The molecule has 2 aromatic carbocycles. The van der Waals surface area contributed by atoms with E-state index in [-0.39, 0.29) is 27.6 Å². The quantitative estimate of drug-likeness (QED) is 0.559. The molecule has 0 aliphatic heterocycles. The summed E-state index contributed by atoms with van der Waals surface area (Å²) in [6.45, 7) is 2.05. The maximum absolute atomic E-state index is 13.4. The van der Waals surface area contributed by atoms with E-state index in [9.17, 15) is 13.2 Å². The fourth-order valence-corrected chi connectivity index (χ4v) is 6.96. The summed E-state index contributed by atoms with van der Waals surface area (Å²) in [5, 5.41) is 3.36. The topological polar surface area (TPSA) is 84.9 Å². The lowest BCUT2D eigenvalue weighted by Crippen LogP contribution is -2.40. The van der Waals surface area contributed by atoms with E-state index in [1.54, 1.807) is 12.1 Å². The fraction of sp³-hybridized carbons (Fsp3) is 0.480. The van der Waals surface area contributed by atoms with Crippen molar-refractivity contribution in [3.05, 3.63) is 47.0 Å². The van der Waals surface area contributed by atoms with Gasteiger partial charge in [0, 0.05) is 24.7 Å². The van der Waals surface area contributed by atoms with E-state index in [1.807, 2.05) is 0 Å². The molecule has 0 saturated heterocycles. The van der Waals surface area contributed by atoms with Crippen LogP contribution in [0.5, 0.6) is 11.5 Å².